The van der Waals surface area contributed by atoms with Crippen LogP contribution in [0.15, 0.2) is 24.3 Å². The third kappa shape index (κ3) is 1.23. The zero-order chi connectivity index (χ0) is 10.3. The number of hydrogen-bond donors (Lipinski definition) is 1. The Kier molecular flexibility index (Phi) is 1.78. The molecule has 0 atom stereocenters. The molecule has 1 N–H and O–H groups in total. The number of hydrogen-bond acceptors (Lipinski definition) is 3. The maximum absolute atomic E-state index is 5.64. The second-order valence-corrected chi connectivity index (χ2v) is 3.69. The highest BCUT2D eigenvalue weighted by Gasteiger charge is 2.16. The zero-order valence-electron chi connectivity index (χ0n) is 8.58. The van der Waals surface area contributed by atoms with Gasteiger partial charge < -0.3 is 10.1 Å². The quantitative estimate of drug-likeness (QED) is 0.708. The molecule has 1 aliphatic rings. The van der Waals surface area contributed by atoms with Gasteiger partial charge in [0.25, 0.3) is 0 Å². The van der Waals surface area contributed by atoms with Crippen LogP contribution in [0.2, 0.25) is 0 Å². The molecule has 0 radical (unpaired) electrons. The Balaban J connectivity index is 2.39. The fourth-order valence-corrected chi connectivity index (χ4v) is 2.00. The standard InChI is InChI=1S/C12H12N2O/c1-8-12-11(13-6-7-15-12)9-4-2-3-5-10(9)14-8/h2-5,13H,6-7H2,1H3. The Labute approximate surface area is 88.1 Å². The Morgan fingerprint density at radius 2 is 2.20 bits per heavy atom. The van der Waals surface area contributed by atoms with Crippen LogP contribution in [0.4, 0.5) is 5.69 Å². The second kappa shape index (κ2) is 3.12. The van der Waals surface area contributed by atoms with Crippen molar-refractivity contribution in [3.8, 4) is 5.75 Å². The van der Waals surface area contributed by atoms with Crippen molar-refractivity contribution in [2.24, 2.45) is 0 Å². The van der Waals surface area contributed by atoms with E-state index >= 15 is 0 Å². The van der Waals surface area contributed by atoms with Crippen LogP contribution in [0.5, 0.6) is 5.75 Å². The molecule has 76 valence electrons. The summed E-state index contributed by atoms with van der Waals surface area (Å²) in [6, 6.07) is 8.13. The van der Waals surface area contributed by atoms with E-state index in [2.05, 4.69) is 16.4 Å². The summed E-state index contributed by atoms with van der Waals surface area (Å²) in [7, 11) is 0. The van der Waals surface area contributed by atoms with Crippen molar-refractivity contribution in [2.45, 2.75) is 6.92 Å². The van der Waals surface area contributed by atoms with Crippen molar-refractivity contribution in [3.05, 3.63) is 30.0 Å². The topological polar surface area (TPSA) is 34.1 Å². The van der Waals surface area contributed by atoms with Gasteiger partial charge in [0.15, 0.2) is 5.75 Å². The third-order valence-electron chi connectivity index (χ3n) is 2.67. The van der Waals surface area contributed by atoms with Gasteiger partial charge in [-0.2, -0.15) is 0 Å². The number of anilines is 1. The molecule has 0 aliphatic carbocycles. The summed E-state index contributed by atoms with van der Waals surface area (Å²) < 4.78 is 5.64. The fraction of sp³-hybridized carbons (Fsp3) is 0.250. The molecule has 15 heavy (non-hydrogen) atoms. The van der Waals surface area contributed by atoms with Gasteiger partial charge in [-0.25, -0.2) is 4.98 Å². The molecule has 1 aliphatic heterocycles. The number of rotatable bonds is 0. The molecule has 1 aromatic carbocycles. The lowest BCUT2D eigenvalue weighted by atomic mass is 10.1. The second-order valence-electron chi connectivity index (χ2n) is 3.69. The minimum absolute atomic E-state index is 0.716. The molecule has 0 amide bonds. The first kappa shape index (κ1) is 8.53. The van der Waals surface area contributed by atoms with Crippen molar-refractivity contribution in [2.75, 3.05) is 18.5 Å². The van der Waals surface area contributed by atoms with Crippen molar-refractivity contribution in [3.63, 3.8) is 0 Å². The summed E-state index contributed by atoms with van der Waals surface area (Å²) >= 11 is 0. The van der Waals surface area contributed by atoms with Crippen molar-refractivity contribution in [1.29, 1.82) is 0 Å². The molecule has 0 fully saturated rings. The van der Waals surface area contributed by atoms with E-state index in [-0.39, 0.29) is 0 Å². The summed E-state index contributed by atoms with van der Waals surface area (Å²) in [4.78, 5) is 4.52. The number of fused-ring (bicyclic) bond motifs is 3. The third-order valence-corrected chi connectivity index (χ3v) is 2.67. The lowest BCUT2D eigenvalue weighted by molar-refractivity contribution is 0.320. The summed E-state index contributed by atoms with van der Waals surface area (Å²) in [5.74, 6) is 0.903. The Bertz CT molecular complexity index is 522. The molecule has 0 unspecified atom stereocenters. The molecule has 2 heterocycles. The minimum Gasteiger partial charge on any atom is -0.488 e. The van der Waals surface area contributed by atoms with Crippen molar-refractivity contribution in [1.82, 2.24) is 4.98 Å². The Morgan fingerprint density at radius 3 is 3.13 bits per heavy atom. The van der Waals surface area contributed by atoms with Gasteiger partial charge in [-0.05, 0) is 13.0 Å². The molecule has 0 spiro atoms. The molecule has 1 aromatic heterocycles. The number of para-hydroxylation sites is 1. The SMILES string of the molecule is Cc1nc2ccccc2c2c1OCCN2. The highest BCUT2D eigenvalue weighted by Crippen LogP contribution is 2.36. The van der Waals surface area contributed by atoms with E-state index in [1.165, 1.54) is 0 Å². The molecule has 3 nitrogen and oxygen atoms in total. The summed E-state index contributed by atoms with van der Waals surface area (Å²) in [6.07, 6.45) is 0. The summed E-state index contributed by atoms with van der Waals surface area (Å²) in [6.45, 7) is 3.56. The first-order chi connectivity index (χ1) is 7.36. The van der Waals surface area contributed by atoms with Crippen LogP contribution in [0.25, 0.3) is 10.9 Å². The van der Waals surface area contributed by atoms with Crippen LogP contribution < -0.4 is 10.1 Å². The molecule has 3 rings (SSSR count). The van der Waals surface area contributed by atoms with E-state index in [1.807, 2.05) is 25.1 Å². The van der Waals surface area contributed by atoms with E-state index in [1.54, 1.807) is 0 Å². The first-order valence-corrected chi connectivity index (χ1v) is 5.12. The van der Waals surface area contributed by atoms with Crippen molar-refractivity contribution >= 4 is 16.6 Å². The lowest BCUT2D eigenvalue weighted by Gasteiger charge is -2.22. The fourth-order valence-electron chi connectivity index (χ4n) is 2.00. The number of nitrogens with one attached hydrogen (secondary N) is 1. The minimum atomic E-state index is 0.716. The number of aromatic nitrogens is 1. The zero-order valence-corrected chi connectivity index (χ0v) is 8.58. The molecule has 0 saturated carbocycles. The van der Waals surface area contributed by atoms with Crippen LogP contribution >= 0.6 is 0 Å². The van der Waals surface area contributed by atoms with Gasteiger partial charge >= 0.3 is 0 Å². The van der Waals surface area contributed by atoms with Gasteiger partial charge in [0.1, 0.15) is 6.61 Å². The summed E-state index contributed by atoms with van der Waals surface area (Å²) in [5.41, 5.74) is 3.06. The number of pyridine rings is 1. The number of benzene rings is 1. The molecule has 3 heteroatoms. The van der Waals surface area contributed by atoms with E-state index in [4.69, 9.17) is 4.74 Å². The predicted octanol–water partition coefficient (Wildman–Crippen LogP) is 2.35. The molecular weight excluding hydrogens is 188 g/mol. The van der Waals surface area contributed by atoms with Gasteiger partial charge in [-0.15, -0.1) is 0 Å². The highest BCUT2D eigenvalue weighted by molar-refractivity contribution is 5.95. The lowest BCUT2D eigenvalue weighted by Crippen LogP contribution is -2.19. The number of nitrogens with zero attached hydrogens (tertiary/aromatic N) is 1. The molecular formula is C12H12N2O. The van der Waals surface area contributed by atoms with Gasteiger partial charge in [0.2, 0.25) is 0 Å². The number of aryl methyl sites for hydroxylation is 1. The largest absolute Gasteiger partial charge is 0.488 e. The van der Waals surface area contributed by atoms with Gasteiger partial charge in [-0.3, -0.25) is 0 Å². The first-order valence-electron chi connectivity index (χ1n) is 5.12. The molecule has 2 aromatic rings. The summed E-state index contributed by atoms with van der Waals surface area (Å²) in [5, 5.41) is 4.52. The number of ether oxygens (including phenoxy) is 1. The average molecular weight is 200 g/mol. The maximum atomic E-state index is 5.64. The van der Waals surface area contributed by atoms with Crippen LogP contribution in [0.3, 0.4) is 0 Å². The van der Waals surface area contributed by atoms with Crippen LogP contribution in [-0.2, 0) is 0 Å². The maximum Gasteiger partial charge on any atom is 0.164 e. The Hall–Kier alpha value is -1.77. The van der Waals surface area contributed by atoms with Gasteiger partial charge in [0.05, 0.1) is 16.9 Å². The van der Waals surface area contributed by atoms with Crippen LogP contribution in [-0.4, -0.2) is 18.1 Å². The van der Waals surface area contributed by atoms with E-state index in [0.717, 1.165) is 34.6 Å². The van der Waals surface area contributed by atoms with E-state index in [0.29, 0.717) is 6.61 Å². The monoisotopic (exact) mass is 200 g/mol. The average Bonchev–Trinajstić information content (AvgIpc) is 2.30. The molecule has 0 saturated heterocycles. The Morgan fingerprint density at radius 1 is 1.33 bits per heavy atom. The smallest absolute Gasteiger partial charge is 0.164 e. The predicted molar refractivity (Wildman–Crippen MR) is 60.5 cm³/mol. The van der Waals surface area contributed by atoms with Gasteiger partial charge in [0, 0.05) is 11.9 Å². The van der Waals surface area contributed by atoms with E-state index < -0.39 is 0 Å². The van der Waals surface area contributed by atoms with Crippen LogP contribution in [0, 0.1) is 6.92 Å². The van der Waals surface area contributed by atoms with E-state index in [9.17, 15) is 0 Å². The molecule has 0 bridgehead atoms. The highest BCUT2D eigenvalue weighted by atomic mass is 16.5. The normalized spacial score (nSPS) is 14.2. The van der Waals surface area contributed by atoms with Crippen LogP contribution in [0.1, 0.15) is 5.69 Å². The van der Waals surface area contributed by atoms with Crippen molar-refractivity contribution < 1.29 is 4.74 Å². The van der Waals surface area contributed by atoms with Gasteiger partial charge in [-0.1, -0.05) is 18.2 Å².